The van der Waals surface area contributed by atoms with Gasteiger partial charge in [0.1, 0.15) is 18.2 Å². The Labute approximate surface area is 152 Å². The highest BCUT2D eigenvalue weighted by Gasteiger charge is 2.19. The monoisotopic (exact) mass is 363 g/mol. The molecule has 0 aliphatic carbocycles. The van der Waals surface area contributed by atoms with Gasteiger partial charge in [-0.2, -0.15) is 5.26 Å². The van der Waals surface area contributed by atoms with Gasteiger partial charge in [-0.05, 0) is 38.3 Å². The molecule has 0 bridgehead atoms. The Bertz CT molecular complexity index is 748. The Morgan fingerprint density at radius 2 is 2.00 bits per heavy atom. The predicted octanol–water partition coefficient (Wildman–Crippen LogP) is 0.834. The molecule has 0 saturated heterocycles. The highest BCUT2D eigenvalue weighted by molar-refractivity contribution is 5.82. The number of hydrogen-bond acceptors (Lipinski definition) is 6. The minimum Gasteiger partial charge on any atom is -0.465 e. The summed E-state index contributed by atoms with van der Waals surface area (Å²) < 4.78 is 9.88. The fraction of sp³-hybridized carbons (Fsp3) is 0.556. The molecule has 26 heavy (non-hydrogen) atoms. The third-order valence-electron chi connectivity index (χ3n) is 4.05. The number of H-pyrrole nitrogens is 1. The van der Waals surface area contributed by atoms with Crippen LogP contribution in [0.4, 0.5) is 0 Å². The number of hydrogen-bond donors (Lipinski definition) is 1. The van der Waals surface area contributed by atoms with Gasteiger partial charge in [0, 0.05) is 25.8 Å². The summed E-state index contributed by atoms with van der Waals surface area (Å²) in [5, 5.41) is 9.12. The first-order chi connectivity index (χ1) is 12.3. The summed E-state index contributed by atoms with van der Waals surface area (Å²) >= 11 is 0. The van der Waals surface area contributed by atoms with Crippen LogP contribution < -0.4 is 5.56 Å². The summed E-state index contributed by atoms with van der Waals surface area (Å²) in [6.45, 7) is 5.83. The zero-order chi connectivity index (χ0) is 19.7. The SMILES string of the molecule is CCOC(=O)CN(CCOC)C(=O)CCc1c(C)[nH]c(=O)c(C#N)c1C. The first-order valence-corrected chi connectivity index (χ1v) is 8.40. The zero-order valence-corrected chi connectivity index (χ0v) is 15.7. The van der Waals surface area contributed by atoms with E-state index in [2.05, 4.69) is 4.98 Å². The molecule has 0 spiro atoms. The number of aromatic nitrogens is 1. The standard InChI is InChI=1S/C18H25N3O5/c1-5-26-17(23)11-21(8-9-25-4)16(22)7-6-14-12(2)15(10-19)18(24)20-13(14)3/h5-9,11H2,1-4H3,(H,20,24). The van der Waals surface area contributed by atoms with Crippen molar-refractivity contribution in [3.63, 3.8) is 0 Å². The van der Waals surface area contributed by atoms with E-state index in [1.54, 1.807) is 20.8 Å². The second-order valence-corrected chi connectivity index (χ2v) is 5.78. The minimum absolute atomic E-state index is 0.0563. The lowest BCUT2D eigenvalue weighted by Gasteiger charge is -2.22. The zero-order valence-electron chi connectivity index (χ0n) is 15.7. The van der Waals surface area contributed by atoms with Crippen LogP contribution in [0.25, 0.3) is 0 Å². The molecule has 0 unspecified atom stereocenters. The largest absolute Gasteiger partial charge is 0.465 e. The van der Waals surface area contributed by atoms with Gasteiger partial charge >= 0.3 is 5.97 Å². The van der Waals surface area contributed by atoms with E-state index in [1.807, 2.05) is 6.07 Å². The van der Waals surface area contributed by atoms with Gasteiger partial charge in [-0.15, -0.1) is 0 Å². The molecule has 0 aliphatic rings. The Balaban J connectivity index is 2.89. The van der Waals surface area contributed by atoms with Crippen molar-refractivity contribution in [1.29, 1.82) is 5.26 Å². The molecule has 1 heterocycles. The van der Waals surface area contributed by atoms with Crippen molar-refractivity contribution in [3.05, 3.63) is 32.7 Å². The number of nitrogens with zero attached hydrogens (tertiary/aromatic N) is 2. The quantitative estimate of drug-likeness (QED) is 0.651. The molecule has 142 valence electrons. The number of amides is 1. The molecule has 0 fully saturated rings. The third-order valence-corrected chi connectivity index (χ3v) is 4.05. The normalized spacial score (nSPS) is 10.3. The van der Waals surface area contributed by atoms with Crippen LogP contribution in [-0.4, -0.2) is 55.2 Å². The van der Waals surface area contributed by atoms with E-state index in [0.717, 1.165) is 5.56 Å². The van der Waals surface area contributed by atoms with Gasteiger partial charge in [-0.3, -0.25) is 14.4 Å². The van der Waals surface area contributed by atoms with Crippen LogP contribution in [0.1, 0.15) is 35.7 Å². The number of carbonyl (C=O) groups is 2. The van der Waals surface area contributed by atoms with Gasteiger partial charge in [0.15, 0.2) is 0 Å². The second kappa shape index (κ2) is 10.4. The maximum atomic E-state index is 12.5. The van der Waals surface area contributed by atoms with Crippen molar-refractivity contribution in [2.24, 2.45) is 0 Å². The molecule has 0 aliphatic heterocycles. The smallest absolute Gasteiger partial charge is 0.325 e. The number of aromatic amines is 1. The van der Waals surface area contributed by atoms with Gasteiger partial charge in [-0.25, -0.2) is 0 Å². The second-order valence-electron chi connectivity index (χ2n) is 5.78. The van der Waals surface area contributed by atoms with Crippen LogP contribution in [-0.2, 0) is 25.5 Å². The number of carbonyl (C=O) groups excluding carboxylic acids is 2. The van der Waals surface area contributed by atoms with Crippen molar-refractivity contribution in [1.82, 2.24) is 9.88 Å². The first-order valence-electron chi connectivity index (χ1n) is 8.40. The fourth-order valence-electron chi connectivity index (χ4n) is 2.67. The molecule has 1 N–H and O–H groups in total. The molecule has 0 radical (unpaired) electrons. The molecule has 0 saturated carbocycles. The average molecular weight is 363 g/mol. The van der Waals surface area contributed by atoms with E-state index in [-0.39, 0.29) is 37.6 Å². The Hall–Kier alpha value is -2.66. The minimum atomic E-state index is -0.472. The summed E-state index contributed by atoms with van der Waals surface area (Å²) in [7, 11) is 1.52. The third kappa shape index (κ3) is 5.70. The number of nitrogens with one attached hydrogen (secondary N) is 1. The lowest BCUT2D eigenvalue weighted by Crippen LogP contribution is -2.38. The number of ether oxygens (including phenoxy) is 2. The fourth-order valence-corrected chi connectivity index (χ4v) is 2.67. The van der Waals surface area contributed by atoms with E-state index in [0.29, 0.717) is 24.3 Å². The van der Waals surface area contributed by atoms with Gasteiger partial charge in [0.25, 0.3) is 5.56 Å². The molecule has 0 atom stereocenters. The molecule has 8 heteroatoms. The van der Waals surface area contributed by atoms with Crippen molar-refractivity contribution in [2.45, 2.75) is 33.6 Å². The van der Waals surface area contributed by atoms with Crippen molar-refractivity contribution >= 4 is 11.9 Å². The molecule has 1 amide bonds. The molecule has 1 aromatic rings. The van der Waals surface area contributed by atoms with Crippen molar-refractivity contribution < 1.29 is 19.1 Å². The molecule has 1 aromatic heterocycles. The first kappa shape index (κ1) is 21.4. The van der Waals surface area contributed by atoms with E-state index in [4.69, 9.17) is 14.7 Å². The summed E-state index contributed by atoms with van der Waals surface area (Å²) in [5.41, 5.74) is 1.60. The van der Waals surface area contributed by atoms with E-state index < -0.39 is 11.5 Å². The van der Waals surface area contributed by atoms with Crippen LogP contribution in [0.15, 0.2) is 4.79 Å². The van der Waals surface area contributed by atoms with Crippen LogP contribution >= 0.6 is 0 Å². The highest BCUT2D eigenvalue weighted by atomic mass is 16.5. The predicted molar refractivity (Wildman–Crippen MR) is 94.7 cm³/mol. The lowest BCUT2D eigenvalue weighted by atomic mass is 9.99. The van der Waals surface area contributed by atoms with Crippen molar-refractivity contribution in [3.8, 4) is 6.07 Å². The van der Waals surface area contributed by atoms with E-state index in [9.17, 15) is 14.4 Å². The number of aryl methyl sites for hydroxylation is 1. The topological polar surface area (TPSA) is 112 Å². The van der Waals surface area contributed by atoms with E-state index in [1.165, 1.54) is 12.0 Å². The van der Waals surface area contributed by atoms with Gasteiger partial charge in [0.05, 0.1) is 13.2 Å². The highest BCUT2D eigenvalue weighted by Crippen LogP contribution is 2.15. The molecule has 1 rings (SSSR count). The number of pyridine rings is 1. The van der Waals surface area contributed by atoms with Crippen LogP contribution in [0.2, 0.25) is 0 Å². The van der Waals surface area contributed by atoms with Gasteiger partial charge < -0.3 is 19.4 Å². The Morgan fingerprint density at radius 1 is 1.31 bits per heavy atom. The molecular formula is C18H25N3O5. The molecular weight excluding hydrogens is 338 g/mol. The summed E-state index contributed by atoms with van der Waals surface area (Å²) in [4.78, 5) is 40.0. The van der Waals surface area contributed by atoms with Crippen LogP contribution in [0.5, 0.6) is 0 Å². The molecule has 8 nitrogen and oxygen atoms in total. The maximum absolute atomic E-state index is 12.5. The Kier molecular flexibility index (Phi) is 8.52. The van der Waals surface area contributed by atoms with Gasteiger partial charge in [-0.1, -0.05) is 0 Å². The van der Waals surface area contributed by atoms with Gasteiger partial charge in [0.2, 0.25) is 5.91 Å². The number of methoxy groups -OCH3 is 1. The number of rotatable bonds is 9. The lowest BCUT2D eigenvalue weighted by molar-refractivity contribution is -0.149. The summed E-state index contributed by atoms with van der Waals surface area (Å²) in [6.07, 6.45) is 0.496. The molecule has 0 aromatic carbocycles. The Morgan fingerprint density at radius 3 is 2.58 bits per heavy atom. The maximum Gasteiger partial charge on any atom is 0.325 e. The average Bonchev–Trinajstić information content (AvgIpc) is 2.58. The summed E-state index contributed by atoms with van der Waals surface area (Å²) in [5.74, 6) is -0.696. The summed E-state index contributed by atoms with van der Waals surface area (Å²) in [6, 6.07) is 1.89. The number of nitriles is 1. The van der Waals surface area contributed by atoms with Crippen LogP contribution in [0.3, 0.4) is 0 Å². The van der Waals surface area contributed by atoms with E-state index >= 15 is 0 Å². The number of esters is 1. The van der Waals surface area contributed by atoms with Crippen molar-refractivity contribution in [2.75, 3.05) is 33.4 Å². The van der Waals surface area contributed by atoms with Crippen LogP contribution in [0, 0.1) is 25.2 Å².